The summed E-state index contributed by atoms with van der Waals surface area (Å²) in [5.74, 6) is -1.98. The smallest absolute Gasteiger partial charge is 0.255 e. The minimum absolute atomic E-state index is 0.0643. The van der Waals surface area contributed by atoms with Crippen molar-refractivity contribution in [2.24, 2.45) is 5.92 Å². The van der Waals surface area contributed by atoms with Gasteiger partial charge in [-0.25, -0.2) is 17.2 Å². The van der Waals surface area contributed by atoms with Crippen LogP contribution in [0.5, 0.6) is 0 Å². The molecule has 2 aromatic carbocycles. The minimum Gasteiger partial charge on any atom is -0.390 e. The summed E-state index contributed by atoms with van der Waals surface area (Å²) in [5, 5.41) is 13.1. The number of nitrogens with one attached hydrogen (secondary N) is 1. The van der Waals surface area contributed by atoms with Gasteiger partial charge in [-0.15, -0.1) is 0 Å². The molecule has 1 amide bonds. The van der Waals surface area contributed by atoms with Crippen molar-refractivity contribution in [1.29, 1.82) is 0 Å². The van der Waals surface area contributed by atoms with Gasteiger partial charge in [0.25, 0.3) is 5.91 Å². The molecule has 0 bridgehead atoms. The summed E-state index contributed by atoms with van der Waals surface area (Å²) in [5.41, 5.74) is -0.583. The van der Waals surface area contributed by atoms with Crippen LogP contribution in [0.3, 0.4) is 0 Å². The summed E-state index contributed by atoms with van der Waals surface area (Å²) >= 11 is 5.72. The highest BCUT2D eigenvalue weighted by Crippen LogP contribution is 2.45. The maximum absolute atomic E-state index is 14.6. The van der Waals surface area contributed by atoms with E-state index in [1.165, 1.54) is 22.5 Å². The minimum atomic E-state index is -4.19. The Kier molecular flexibility index (Phi) is 6.77. The first-order chi connectivity index (χ1) is 15.6. The van der Waals surface area contributed by atoms with Crippen molar-refractivity contribution >= 4 is 33.2 Å². The molecular weight excluding hydrogens is 474 g/mol. The molecule has 2 aromatic rings. The number of aliphatic hydroxyl groups is 1. The fourth-order valence-electron chi connectivity index (χ4n) is 4.39. The third-order valence-electron chi connectivity index (χ3n) is 6.36. The Hall–Kier alpha value is -2.07. The molecule has 178 valence electrons. The topological polar surface area (TPSA) is 86.7 Å². The standard InChI is InChI=1S/C23H25ClF2N2O4S/c24-18-14-17(6-8-19(18)25)27-22(29)15-3-7-20(26)21(13-15)33(31,32)28-11-1-9-23(30,10-2-12-28)16-4-5-16/h3,6-8,13-14,16,30H,1-2,4-5,9-12H2,(H,27,29). The van der Waals surface area contributed by atoms with Gasteiger partial charge >= 0.3 is 0 Å². The second-order valence-corrected chi connectivity index (χ2v) is 11.0. The Morgan fingerprint density at radius 1 is 1.06 bits per heavy atom. The van der Waals surface area contributed by atoms with Crippen LogP contribution in [0.1, 0.15) is 48.9 Å². The van der Waals surface area contributed by atoms with Crippen molar-refractivity contribution in [1.82, 2.24) is 4.31 Å². The highest BCUT2D eigenvalue weighted by atomic mass is 35.5. The van der Waals surface area contributed by atoms with Gasteiger partial charge in [0.15, 0.2) is 0 Å². The highest BCUT2D eigenvalue weighted by molar-refractivity contribution is 7.89. The Bertz CT molecular complexity index is 1160. The van der Waals surface area contributed by atoms with Gasteiger partial charge in [0.1, 0.15) is 16.5 Å². The lowest BCUT2D eigenvalue weighted by Gasteiger charge is -2.33. The second-order valence-electron chi connectivity index (χ2n) is 8.72. The summed E-state index contributed by atoms with van der Waals surface area (Å²) in [7, 11) is -4.19. The van der Waals surface area contributed by atoms with Crippen LogP contribution in [0.15, 0.2) is 41.3 Å². The van der Waals surface area contributed by atoms with Crippen LogP contribution in [0.4, 0.5) is 14.5 Å². The molecule has 0 atom stereocenters. The Balaban J connectivity index is 1.52. The van der Waals surface area contributed by atoms with Crippen LogP contribution in [-0.2, 0) is 10.0 Å². The number of benzene rings is 2. The zero-order chi connectivity index (χ0) is 23.8. The largest absolute Gasteiger partial charge is 0.390 e. The molecule has 1 aliphatic carbocycles. The van der Waals surface area contributed by atoms with E-state index in [4.69, 9.17) is 11.6 Å². The number of rotatable bonds is 5. The Morgan fingerprint density at radius 2 is 1.70 bits per heavy atom. The van der Waals surface area contributed by atoms with Gasteiger partial charge in [0.05, 0.1) is 10.6 Å². The molecule has 10 heteroatoms. The first kappa shape index (κ1) is 24.1. The lowest BCUT2D eigenvalue weighted by atomic mass is 9.86. The first-order valence-corrected chi connectivity index (χ1v) is 12.7. The number of sulfonamides is 1. The van der Waals surface area contributed by atoms with Gasteiger partial charge in [-0.2, -0.15) is 4.31 Å². The molecule has 0 radical (unpaired) electrons. The van der Waals surface area contributed by atoms with Crippen molar-refractivity contribution < 1.29 is 27.1 Å². The summed E-state index contributed by atoms with van der Waals surface area (Å²) in [6.45, 7) is 0.336. The van der Waals surface area contributed by atoms with Crippen LogP contribution in [0.25, 0.3) is 0 Å². The van der Waals surface area contributed by atoms with Crippen molar-refractivity contribution in [3.8, 4) is 0 Å². The van der Waals surface area contributed by atoms with Gasteiger partial charge in [-0.3, -0.25) is 4.79 Å². The van der Waals surface area contributed by atoms with Crippen molar-refractivity contribution in [2.75, 3.05) is 18.4 Å². The lowest BCUT2D eigenvalue weighted by molar-refractivity contribution is -0.00951. The quantitative estimate of drug-likeness (QED) is 0.632. The normalized spacial score (nSPS) is 19.5. The number of anilines is 1. The molecule has 2 N–H and O–H groups in total. The maximum atomic E-state index is 14.6. The molecule has 2 fully saturated rings. The predicted molar refractivity (Wildman–Crippen MR) is 121 cm³/mol. The lowest BCUT2D eigenvalue weighted by Crippen LogP contribution is -2.40. The van der Waals surface area contributed by atoms with Crippen LogP contribution in [0.2, 0.25) is 5.02 Å². The van der Waals surface area contributed by atoms with Crippen LogP contribution in [-0.4, -0.2) is 42.4 Å². The molecule has 33 heavy (non-hydrogen) atoms. The fourth-order valence-corrected chi connectivity index (χ4v) is 6.18. The summed E-state index contributed by atoms with van der Waals surface area (Å²) < 4.78 is 55.6. The number of nitrogens with zero attached hydrogens (tertiary/aromatic N) is 1. The number of hydrogen-bond acceptors (Lipinski definition) is 4. The van der Waals surface area contributed by atoms with E-state index in [2.05, 4.69) is 5.32 Å². The van der Waals surface area contributed by atoms with Crippen molar-refractivity contribution in [2.45, 2.75) is 49.0 Å². The number of carbonyl (C=O) groups is 1. The third-order valence-corrected chi connectivity index (χ3v) is 8.56. The molecule has 0 aromatic heterocycles. The predicted octanol–water partition coefficient (Wildman–Crippen LogP) is 4.58. The molecule has 4 rings (SSSR count). The van der Waals surface area contributed by atoms with Crippen LogP contribution in [0, 0.1) is 17.6 Å². The van der Waals surface area contributed by atoms with E-state index in [9.17, 15) is 27.1 Å². The van der Waals surface area contributed by atoms with Gasteiger partial charge < -0.3 is 10.4 Å². The van der Waals surface area contributed by atoms with E-state index < -0.39 is 38.1 Å². The van der Waals surface area contributed by atoms with E-state index in [1.807, 2.05) is 0 Å². The van der Waals surface area contributed by atoms with E-state index in [-0.39, 0.29) is 29.4 Å². The van der Waals surface area contributed by atoms with Gasteiger partial charge in [-0.05, 0) is 80.8 Å². The van der Waals surface area contributed by atoms with E-state index in [0.29, 0.717) is 31.6 Å². The van der Waals surface area contributed by atoms with E-state index in [1.54, 1.807) is 0 Å². The maximum Gasteiger partial charge on any atom is 0.255 e. The molecule has 0 spiro atoms. The fraction of sp³-hybridized carbons (Fsp3) is 0.435. The number of hydrogen-bond donors (Lipinski definition) is 2. The molecule has 6 nitrogen and oxygen atoms in total. The molecule has 0 unspecified atom stereocenters. The van der Waals surface area contributed by atoms with Crippen molar-refractivity contribution in [3.63, 3.8) is 0 Å². The average molecular weight is 499 g/mol. The average Bonchev–Trinajstić information content (AvgIpc) is 3.59. The first-order valence-electron chi connectivity index (χ1n) is 10.9. The van der Waals surface area contributed by atoms with E-state index in [0.717, 1.165) is 31.0 Å². The molecule has 1 aliphatic heterocycles. The summed E-state index contributed by atoms with van der Waals surface area (Å²) in [6.07, 6.45) is 3.97. The molecule has 1 saturated carbocycles. The number of carbonyl (C=O) groups excluding carboxylic acids is 1. The highest BCUT2D eigenvalue weighted by Gasteiger charge is 2.44. The molecular formula is C23H25ClF2N2O4S. The van der Waals surface area contributed by atoms with Crippen molar-refractivity contribution in [3.05, 3.63) is 58.6 Å². The third kappa shape index (κ3) is 5.21. The molecule has 2 aliphatic rings. The summed E-state index contributed by atoms with van der Waals surface area (Å²) in [4.78, 5) is 12.0. The van der Waals surface area contributed by atoms with Gasteiger partial charge in [-0.1, -0.05) is 11.6 Å². The monoisotopic (exact) mass is 498 g/mol. The zero-order valence-electron chi connectivity index (χ0n) is 17.9. The van der Waals surface area contributed by atoms with Gasteiger partial charge in [0, 0.05) is 24.3 Å². The van der Waals surface area contributed by atoms with E-state index >= 15 is 0 Å². The SMILES string of the molecule is O=C(Nc1ccc(F)c(Cl)c1)c1ccc(F)c(S(=O)(=O)N2CCCC(O)(C3CC3)CCC2)c1. The van der Waals surface area contributed by atoms with Gasteiger partial charge in [0.2, 0.25) is 10.0 Å². The second kappa shape index (κ2) is 9.29. The summed E-state index contributed by atoms with van der Waals surface area (Å²) in [6, 6.07) is 6.74. The zero-order valence-corrected chi connectivity index (χ0v) is 19.4. The molecule has 1 saturated heterocycles. The Morgan fingerprint density at radius 3 is 2.30 bits per heavy atom. The molecule has 1 heterocycles. The number of amides is 1. The van der Waals surface area contributed by atoms with Crippen LogP contribution >= 0.6 is 11.6 Å². The number of halogens is 3. The van der Waals surface area contributed by atoms with Crippen LogP contribution < -0.4 is 5.32 Å². The Labute approximate surface area is 196 Å².